The van der Waals surface area contributed by atoms with Gasteiger partial charge in [0.1, 0.15) is 6.54 Å². The van der Waals surface area contributed by atoms with E-state index in [1.54, 1.807) is 6.20 Å². The molecule has 0 aliphatic carbocycles. The maximum atomic E-state index is 8.25. The molecular formula is C6H9N3O3. The Morgan fingerprint density at radius 1 is 1.50 bits per heavy atom. The Morgan fingerprint density at radius 3 is 2.33 bits per heavy atom. The fourth-order valence-corrected chi connectivity index (χ4v) is 0.546. The quantitative estimate of drug-likeness (QED) is 0.457. The summed E-state index contributed by atoms with van der Waals surface area (Å²) in [5, 5.41) is 14.8. The van der Waals surface area contributed by atoms with E-state index in [4.69, 9.17) is 15.3 Å². The Morgan fingerprint density at radius 2 is 2.08 bits per heavy atom. The molecule has 12 heavy (non-hydrogen) atoms. The van der Waals surface area contributed by atoms with E-state index in [2.05, 4.69) is 10.7 Å². The van der Waals surface area contributed by atoms with Crippen LogP contribution >= 0.6 is 0 Å². The first-order valence-electron chi connectivity index (χ1n) is 3.17. The van der Waals surface area contributed by atoms with Crippen LogP contribution in [0.5, 0.6) is 0 Å². The van der Waals surface area contributed by atoms with Crippen LogP contribution in [0.1, 0.15) is 5.69 Å². The zero-order valence-electron chi connectivity index (χ0n) is 6.34. The Labute approximate surface area is 68.8 Å². The van der Waals surface area contributed by atoms with Crippen molar-refractivity contribution in [2.75, 3.05) is 0 Å². The molecule has 0 bridgehead atoms. The van der Waals surface area contributed by atoms with Crippen molar-refractivity contribution in [1.82, 2.24) is 4.98 Å². The van der Waals surface area contributed by atoms with Crippen molar-refractivity contribution >= 4 is 0 Å². The van der Waals surface area contributed by atoms with Crippen molar-refractivity contribution < 1.29 is 10.8 Å². The van der Waals surface area contributed by atoms with Gasteiger partial charge in [0.15, 0.2) is 0 Å². The van der Waals surface area contributed by atoms with Crippen LogP contribution in [0.3, 0.4) is 0 Å². The van der Waals surface area contributed by atoms with Crippen molar-refractivity contribution in [2.24, 2.45) is 0 Å². The van der Waals surface area contributed by atoms with E-state index in [0.29, 0.717) is 0 Å². The summed E-state index contributed by atoms with van der Waals surface area (Å²) in [5.41, 5.74) is 4.74. The molecule has 0 atom stereocenters. The number of pyridine rings is 1. The molecule has 1 rings (SSSR count). The van der Waals surface area contributed by atoms with E-state index < -0.39 is 5.09 Å². The van der Waals surface area contributed by atoms with Gasteiger partial charge in [-0.25, -0.2) is 0 Å². The van der Waals surface area contributed by atoms with Crippen LogP contribution in [0.2, 0.25) is 0 Å². The largest absolute Gasteiger partial charge is 0.356 e. The minimum absolute atomic E-state index is 0.779. The summed E-state index contributed by atoms with van der Waals surface area (Å²) >= 11 is 0. The topological polar surface area (TPSA) is 107 Å². The molecule has 6 heteroatoms. The molecule has 6 nitrogen and oxygen atoms in total. The molecule has 1 aromatic rings. The standard InChI is InChI=1S/C6H8N2.NO3/c7-5-6-3-1-2-4-8-6;2-1(3)4/h1-4H,5,7H2;/q;-1/p+1. The smallest absolute Gasteiger partial charge is 0.117 e. The number of quaternary nitrogens is 1. The van der Waals surface area contributed by atoms with E-state index in [1.807, 2.05) is 18.2 Å². The molecule has 0 aromatic carbocycles. The zero-order chi connectivity index (χ0) is 9.40. The minimum Gasteiger partial charge on any atom is -0.356 e. The lowest BCUT2D eigenvalue weighted by Crippen LogP contribution is -2.47. The monoisotopic (exact) mass is 171 g/mol. The Bertz CT molecular complexity index is 223. The van der Waals surface area contributed by atoms with Crippen LogP contribution in [-0.2, 0) is 6.54 Å². The number of hydrogen-bond donors (Lipinski definition) is 1. The van der Waals surface area contributed by atoms with Crippen molar-refractivity contribution in [3.63, 3.8) is 0 Å². The summed E-state index contributed by atoms with van der Waals surface area (Å²) in [7, 11) is 0. The van der Waals surface area contributed by atoms with Crippen LogP contribution in [-0.4, -0.2) is 10.1 Å². The fourth-order valence-electron chi connectivity index (χ4n) is 0.546. The first kappa shape index (κ1) is 10.3. The number of rotatable bonds is 1. The Hall–Kier alpha value is -1.69. The van der Waals surface area contributed by atoms with Gasteiger partial charge in [0.2, 0.25) is 0 Å². The molecular weight excluding hydrogens is 162 g/mol. The minimum atomic E-state index is -1.75. The summed E-state index contributed by atoms with van der Waals surface area (Å²) in [6.45, 7) is 0.779. The van der Waals surface area contributed by atoms with E-state index in [0.717, 1.165) is 12.2 Å². The van der Waals surface area contributed by atoms with Crippen LogP contribution in [0.15, 0.2) is 24.4 Å². The molecule has 0 fully saturated rings. The molecule has 1 aromatic heterocycles. The molecule has 0 aliphatic heterocycles. The highest BCUT2D eigenvalue weighted by molar-refractivity contribution is 5.01. The number of hydrogen-bond acceptors (Lipinski definition) is 4. The lowest BCUT2D eigenvalue weighted by Gasteiger charge is -1.86. The molecule has 0 radical (unpaired) electrons. The predicted octanol–water partition coefficient (Wildman–Crippen LogP) is -0.416. The lowest BCUT2D eigenvalue weighted by molar-refractivity contribution is -0.402. The van der Waals surface area contributed by atoms with E-state index in [-0.39, 0.29) is 0 Å². The van der Waals surface area contributed by atoms with Crippen LogP contribution in [0.4, 0.5) is 0 Å². The second-order valence-electron chi connectivity index (χ2n) is 1.79. The van der Waals surface area contributed by atoms with Gasteiger partial charge in [-0.2, -0.15) is 0 Å². The summed E-state index contributed by atoms with van der Waals surface area (Å²) in [6, 6.07) is 5.83. The van der Waals surface area contributed by atoms with Crippen molar-refractivity contribution in [2.45, 2.75) is 6.54 Å². The molecule has 3 N–H and O–H groups in total. The van der Waals surface area contributed by atoms with Crippen molar-refractivity contribution in [3.05, 3.63) is 45.4 Å². The van der Waals surface area contributed by atoms with Gasteiger partial charge in [-0.05, 0) is 12.1 Å². The summed E-state index contributed by atoms with van der Waals surface area (Å²) in [4.78, 5) is 12.3. The van der Waals surface area contributed by atoms with Crippen molar-refractivity contribution in [1.29, 1.82) is 0 Å². The highest BCUT2D eigenvalue weighted by Gasteiger charge is 1.84. The molecule has 0 amide bonds. The molecule has 1 heterocycles. The molecule has 66 valence electrons. The van der Waals surface area contributed by atoms with E-state index >= 15 is 0 Å². The molecule has 0 saturated heterocycles. The molecule has 0 aliphatic rings. The average molecular weight is 171 g/mol. The average Bonchev–Trinajstić information content (AvgIpc) is 2.05. The second kappa shape index (κ2) is 6.05. The van der Waals surface area contributed by atoms with Crippen molar-refractivity contribution in [3.8, 4) is 0 Å². The van der Waals surface area contributed by atoms with E-state index in [1.165, 1.54) is 0 Å². The van der Waals surface area contributed by atoms with Gasteiger partial charge in [0.05, 0.1) is 10.8 Å². The fraction of sp³-hybridized carbons (Fsp3) is 0.167. The van der Waals surface area contributed by atoms with Gasteiger partial charge >= 0.3 is 0 Å². The maximum Gasteiger partial charge on any atom is 0.117 e. The maximum absolute atomic E-state index is 8.25. The Balaban J connectivity index is 0.000000261. The third-order valence-corrected chi connectivity index (χ3v) is 0.982. The van der Waals surface area contributed by atoms with E-state index in [9.17, 15) is 0 Å². The van der Waals surface area contributed by atoms with Gasteiger partial charge < -0.3 is 21.1 Å². The summed E-state index contributed by atoms with van der Waals surface area (Å²) in [5.74, 6) is 0. The predicted molar refractivity (Wildman–Crippen MR) is 41.2 cm³/mol. The summed E-state index contributed by atoms with van der Waals surface area (Å²) < 4.78 is 0. The molecule has 0 unspecified atom stereocenters. The van der Waals surface area contributed by atoms with Gasteiger partial charge in [0, 0.05) is 6.20 Å². The van der Waals surface area contributed by atoms with Gasteiger partial charge in [0.25, 0.3) is 0 Å². The van der Waals surface area contributed by atoms with Gasteiger partial charge in [-0.1, -0.05) is 6.07 Å². The second-order valence-corrected chi connectivity index (χ2v) is 1.79. The Kier molecular flexibility index (Phi) is 5.20. The highest BCUT2D eigenvalue weighted by atomic mass is 16.9. The van der Waals surface area contributed by atoms with Crippen LogP contribution < -0.4 is 5.73 Å². The lowest BCUT2D eigenvalue weighted by atomic mass is 10.4. The molecule has 0 spiro atoms. The number of nitrogens with zero attached hydrogens (tertiary/aromatic N) is 2. The first-order chi connectivity index (χ1) is 5.66. The zero-order valence-corrected chi connectivity index (χ0v) is 6.34. The van der Waals surface area contributed by atoms with Gasteiger partial charge in [-0.3, -0.25) is 4.98 Å². The number of aromatic nitrogens is 1. The highest BCUT2D eigenvalue weighted by Crippen LogP contribution is 1.87. The third-order valence-electron chi connectivity index (χ3n) is 0.982. The van der Waals surface area contributed by atoms with Crippen LogP contribution in [0, 0.1) is 15.3 Å². The first-order valence-corrected chi connectivity index (χ1v) is 3.17. The summed E-state index contributed by atoms with van der Waals surface area (Å²) in [6.07, 6.45) is 1.78. The third kappa shape index (κ3) is 6.43. The van der Waals surface area contributed by atoms with Crippen LogP contribution in [0.25, 0.3) is 0 Å². The normalized spacial score (nSPS) is 8.08. The molecule has 0 saturated carbocycles. The van der Waals surface area contributed by atoms with Gasteiger partial charge in [-0.15, -0.1) is 0 Å². The SMILES string of the molecule is O=[N+]([O-])[O-].[NH3+]Cc1ccccn1.